The summed E-state index contributed by atoms with van der Waals surface area (Å²) in [5, 5.41) is 8.44. The normalized spacial score (nSPS) is 19.4. The minimum absolute atomic E-state index is 0.0350. The molecule has 1 rings (SSSR count). The summed E-state index contributed by atoms with van der Waals surface area (Å²) in [7, 11) is 1.70. The highest BCUT2D eigenvalue weighted by Gasteiger charge is 2.26. The average Bonchev–Trinajstić information content (AvgIpc) is 2.81. The Morgan fingerprint density at radius 1 is 1.56 bits per heavy atom. The van der Waals surface area contributed by atoms with Gasteiger partial charge < -0.3 is 15.5 Å². The van der Waals surface area contributed by atoms with Crippen LogP contribution in [0.15, 0.2) is 0 Å². The van der Waals surface area contributed by atoms with Gasteiger partial charge in [0.25, 0.3) is 0 Å². The first-order valence-electron chi connectivity index (χ1n) is 6.17. The Balaban J connectivity index is 2.23. The smallest absolute Gasteiger partial charge is 0.223 e. The van der Waals surface area contributed by atoms with E-state index in [9.17, 15) is 9.59 Å². The number of carbonyl (C=O) groups excluding carboxylic acids is 2. The number of hydrogen-bond acceptors (Lipinski definition) is 4. The molecule has 1 fully saturated rings. The van der Waals surface area contributed by atoms with E-state index in [1.807, 2.05) is 6.07 Å². The fourth-order valence-electron chi connectivity index (χ4n) is 2.06. The van der Waals surface area contributed by atoms with Crippen LogP contribution >= 0.6 is 0 Å². The molecular weight excluding hydrogens is 232 g/mol. The van der Waals surface area contributed by atoms with E-state index >= 15 is 0 Å². The van der Waals surface area contributed by atoms with Crippen molar-refractivity contribution < 1.29 is 9.59 Å². The maximum absolute atomic E-state index is 11.7. The third kappa shape index (κ3) is 4.34. The molecule has 1 aliphatic heterocycles. The zero-order valence-corrected chi connectivity index (χ0v) is 10.8. The zero-order chi connectivity index (χ0) is 13.5. The molecule has 1 unspecified atom stereocenters. The summed E-state index contributed by atoms with van der Waals surface area (Å²) in [6.07, 6.45) is 1.57. The maximum Gasteiger partial charge on any atom is 0.223 e. The summed E-state index contributed by atoms with van der Waals surface area (Å²) in [6.45, 7) is 2.60. The van der Waals surface area contributed by atoms with Gasteiger partial charge in [-0.2, -0.15) is 5.26 Å². The number of nitrogens with zero attached hydrogens (tertiary/aromatic N) is 3. The minimum Gasteiger partial charge on any atom is -0.369 e. The van der Waals surface area contributed by atoms with Crippen LogP contribution in [0.25, 0.3) is 0 Å². The number of nitriles is 1. The van der Waals surface area contributed by atoms with Crippen LogP contribution in [-0.2, 0) is 9.59 Å². The summed E-state index contributed by atoms with van der Waals surface area (Å²) in [4.78, 5) is 26.4. The minimum atomic E-state index is -0.255. The number of carbonyl (C=O) groups is 2. The van der Waals surface area contributed by atoms with Gasteiger partial charge in [-0.1, -0.05) is 0 Å². The highest BCUT2D eigenvalue weighted by molar-refractivity contribution is 5.77. The van der Waals surface area contributed by atoms with Crippen molar-refractivity contribution in [3.63, 3.8) is 0 Å². The van der Waals surface area contributed by atoms with Gasteiger partial charge in [0.2, 0.25) is 11.8 Å². The lowest BCUT2D eigenvalue weighted by Gasteiger charge is -2.19. The van der Waals surface area contributed by atoms with Gasteiger partial charge in [-0.05, 0) is 13.0 Å². The van der Waals surface area contributed by atoms with Gasteiger partial charge in [-0.15, -0.1) is 0 Å². The molecule has 0 saturated carbocycles. The van der Waals surface area contributed by atoms with Crippen molar-refractivity contribution in [1.29, 1.82) is 5.26 Å². The SMILES string of the molecule is CN(CCC#N)C(=O)CCN1CCC(C(N)=O)C1. The molecule has 1 aliphatic rings. The second-order valence-corrected chi connectivity index (χ2v) is 4.66. The summed E-state index contributed by atoms with van der Waals surface area (Å²) < 4.78 is 0. The quantitative estimate of drug-likeness (QED) is 0.693. The van der Waals surface area contributed by atoms with Crippen LogP contribution in [0.3, 0.4) is 0 Å². The third-order valence-electron chi connectivity index (χ3n) is 3.30. The summed E-state index contributed by atoms with van der Waals surface area (Å²) in [5.74, 6) is -0.292. The molecule has 100 valence electrons. The van der Waals surface area contributed by atoms with E-state index in [-0.39, 0.29) is 17.7 Å². The second kappa shape index (κ2) is 6.97. The van der Waals surface area contributed by atoms with Crippen molar-refractivity contribution in [3.8, 4) is 6.07 Å². The molecule has 1 atom stereocenters. The second-order valence-electron chi connectivity index (χ2n) is 4.66. The highest BCUT2D eigenvalue weighted by Crippen LogP contribution is 2.15. The fraction of sp³-hybridized carbons (Fsp3) is 0.750. The Morgan fingerprint density at radius 3 is 2.83 bits per heavy atom. The predicted molar refractivity (Wildman–Crippen MR) is 66.2 cm³/mol. The van der Waals surface area contributed by atoms with Crippen LogP contribution in [0.2, 0.25) is 0 Å². The van der Waals surface area contributed by atoms with Gasteiger partial charge in [-0.25, -0.2) is 0 Å². The predicted octanol–water partition coefficient (Wildman–Crippen LogP) is -0.444. The van der Waals surface area contributed by atoms with Crippen LogP contribution in [0.4, 0.5) is 0 Å². The Kier molecular flexibility index (Phi) is 5.59. The molecule has 0 aromatic carbocycles. The van der Waals surface area contributed by atoms with Gasteiger partial charge in [0, 0.05) is 33.1 Å². The Morgan fingerprint density at radius 2 is 2.28 bits per heavy atom. The van der Waals surface area contributed by atoms with E-state index in [0.717, 1.165) is 13.0 Å². The standard InChI is InChI=1S/C12H20N4O2/c1-15(6-2-5-13)11(17)4-8-16-7-3-10(9-16)12(14)18/h10H,2-4,6-9H2,1H3,(H2,14,18). The molecule has 0 radical (unpaired) electrons. The first-order chi connectivity index (χ1) is 8.54. The zero-order valence-electron chi connectivity index (χ0n) is 10.8. The Bertz CT molecular complexity index is 350. The number of primary amides is 1. The average molecular weight is 252 g/mol. The molecule has 1 heterocycles. The number of likely N-dealkylation sites (tertiary alicyclic amines) is 1. The molecule has 0 spiro atoms. The topological polar surface area (TPSA) is 90.4 Å². The molecular formula is C12H20N4O2. The van der Waals surface area contributed by atoms with Gasteiger partial charge in [-0.3, -0.25) is 9.59 Å². The third-order valence-corrected chi connectivity index (χ3v) is 3.30. The summed E-state index contributed by atoms with van der Waals surface area (Å²) in [6, 6.07) is 2.01. The monoisotopic (exact) mass is 252 g/mol. The fourth-order valence-corrected chi connectivity index (χ4v) is 2.06. The van der Waals surface area contributed by atoms with E-state index in [2.05, 4.69) is 4.90 Å². The van der Waals surface area contributed by atoms with E-state index in [4.69, 9.17) is 11.0 Å². The summed E-state index contributed by atoms with van der Waals surface area (Å²) >= 11 is 0. The largest absolute Gasteiger partial charge is 0.369 e. The summed E-state index contributed by atoms with van der Waals surface area (Å²) in [5.41, 5.74) is 5.25. The number of rotatable bonds is 6. The maximum atomic E-state index is 11.7. The molecule has 2 N–H and O–H groups in total. The van der Waals surface area contributed by atoms with Gasteiger partial charge in [0.05, 0.1) is 18.4 Å². The lowest BCUT2D eigenvalue weighted by molar-refractivity contribution is -0.130. The Labute approximate surface area is 107 Å². The van der Waals surface area contributed by atoms with E-state index < -0.39 is 0 Å². The molecule has 0 bridgehead atoms. The van der Waals surface area contributed by atoms with Crippen molar-refractivity contribution >= 4 is 11.8 Å². The number of hydrogen-bond donors (Lipinski definition) is 1. The molecule has 6 heteroatoms. The van der Waals surface area contributed by atoms with E-state index in [0.29, 0.717) is 32.5 Å². The van der Waals surface area contributed by atoms with Gasteiger partial charge >= 0.3 is 0 Å². The van der Waals surface area contributed by atoms with Crippen molar-refractivity contribution in [2.24, 2.45) is 11.7 Å². The van der Waals surface area contributed by atoms with Crippen LogP contribution < -0.4 is 5.73 Å². The lowest BCUT2D eigenvalue weighted by atomic mass is 10.1. The van der Waals surface area contributed by atoms with E-state index in [1.165, 1.54) is 0 Å². The molecule has 6 nitrogen and oxygen atoms in total. The van der Waals surface area contributed by atoms with Crippen molar-refractivity contribution in [1.82, 2.24) is 9.80 Å². The van der Waals surface area contributed by atoms with E-state index in [1.54, 1.807) is 11.9 Å². The van der Waals surface area contributed by atoms with Crippen LogP contribution in [0.5, 0.6) is 0 Å². The molecule has 18 heavy (non-hydrogen) atoms. The molecule has 2 amide bonds. The van der Waals surface area contributed by atoms with Crippen LogP contribution in [0.1, 0.15) is 19.3 Å². The van der Waals surface area contributed by atoms with Crippen molar-refractivity contribution in [2.45, 2.75) is 19.3 Å². The molecule has 1 saturated heterocycles. The van der Waals surface area contributed by atoms with Crippen molar-refractivity contribution in [2.75, 3.05) is 33.2 Å². The lowest BCUT2D eigenvalue weighted by Crippen LogP contribution is -2.33. The number of amides is 2. The highest BCUT2D eigenvalue weighted by atomic mass is 16.2. The van der Waals surface area contributed by atoms with Crippen LogP contribution in [0, 0.1) is 17.2 Å². The number of nitrogens with two attached hydrogens (primary N) is 1. The Hall–Kier alpha value is -1.61. The van der Waals surface area contributed by atoms with Crippen LogP contribution in [-0.4, -0.2) is 54.8 Å². The first kappa shape index (κ1) is 14.5. The molecule has 0 aromatic heterocycles. The van der Waals surface area contributed by atoms with Crippen molar-refractivity contribution in [3.05, 3.63) is 0 Å². The van der Waals surface area contributed by atoms with Gasteiger partial charge in [0.1, 0.15) is 0 Å². The molecule has 0 aromatic rings. The first-order valence-corrected chi connectivity index (χ1v) is 6.17. The molecule has 0 aliphatic carbocycles. The van der Waals surface area contributed by atoms with Gasteiger partial charge in [0.15, 0.2) is 0 Å².